The number of hydrazine groups is 1. The predicted octanol–water partition coefficient (Wildman–Crippen LogP) is 4.49. The molecule has 0 fully saturated rings. The Morgan fingerprint density at radius 2 is 1.75 bits per heavy atom. The van der Waals surface area contributed by atoms with Crippen LogP contribution in [0, 0.1) is 0 Å². The third-order valence-corrected chi connectivity index (χ3v) is 3.56. The zero-order chi connectivity index (χ0) is 14.1. The Hall–Kier alpha value is -1.81. The summed E-state index contributed by atoms with van der Waals surface area (Å²) in [5.74, 6) is 5.60. The minimum absolute atomic E-state index is 0.502. The number of hydrogen-bond donors (Lipinski definition) is 2. The first-order valence-corrected chi connectivity index (χ1v) is 6.76. The van der Waals surface area contributed by atoms with Gasteiger partial charge in [-0.3, -0.25) is 5.84 Å². The van der Waals surface area contributed by atoms with Gasteiger partial charge in [0.2, 0.25) is 0 Å². The van der Waals surface area contributed by atoms with Gasteiger partial charge in [0, 0.05) is 16.0 Å². The smallest absolute Gasteiger partial charge is 0.0917 e. The molecule has 0 aliphatic carbocycles. The predicted molar refractivity (Wildman–Crippen MR) is 85.0 cm³/mol. The zero-order valence-electron chi connectivity index (χ0n) is 10.4. The lowest BCUT2D eigenvalue weighted by molar-refractivity contribution is 1.33. The lowest BCUT2D eigenvalue weighted by Gasteiger charge is -2.10. The molecule has 2 aromatic carbocycles. The maximum atomic E-state index is 6.24. The minimum Gasteiger partial charge on any atom is -0.323 e. The van der Waals surface area contributed by atoms with Crippen molar-refractivity contribution < 1.29 is 0 Å². The highest BCUT2D eigenvalue weighted by molar-refractivity contribution is 6.38. The van der Waals surface area contributed by atoms with Crippen molar-refractivity contribution in [1.82, 2.24) is 4.98 Å². The molecule has 0 aliphatic heterocycles. The van der Waals surface area contributed by atoms with E-state index in [0.29, 0.717) is 15.6 Å². The quantitative estimate of drug-likeness (QED) is 0.541. The van der Waals surface area contributed by atoms with Crippen LogP contribution in [-0.2, 0) is 0 Å². The second-order valence-electron chi connectivity index (χ2n) is 4.35. The van der Waals surface area contributed by atoms with Crippen LogP contribution in [-0.4, -0.2) is 4.98 Å². The van der Waals surface area contributed by atoms with E-state index in [9.17, 15) is 0 Å². The van der Waals surface area contributed by atoms with Gasteiger partial charge in [-0.1, -0.05) is 53.5 Å². The average molecular weight is 304 g/mol. The number of nitrogens with one attached hydrogen (secondary N) is 1. The maximum Gasteiger partial charge on any atom is 0.0917 e. The summed E-state index contributed by atoms with van der Waals surface area (Å²) < 4.78 is 0. The van der Waals surface area contributed by atoms with E-state index < -0.39 is 0 Å². The van der Waals surface area contributed by atoms with Crippen LogP contribution >= 0.6 is 23.2 Å². The first-order chi connectivity index (χ1) is 9.69. The molecule has 0 spiro atoms. The van der Waals surface area contributed by atoms with Gasteiger partial charge in [-0.25, -0.2) is 4.98 Å². The van der Waals surface area contributed by atoms with E-state index in [1.807, 2.05) is 36.4 Å². The monoisotopic (exact) mass is 303 g/mol. The van der Waals surface area contributed by atoms with Crippen LogP contribution in [0.1, 0.15) is 0 Å². The number of aromatic nitrogens is 1. The fourth-order valence-corrected chi connectivity index (χ4v) is 2.66. The van der Waals surface area contributed by atoms with Gasteiger partial charge in [0.05, 0.1) is 21.9 Å². The van der Waals surface area contributed by atoms with Crippen molar-refractivity contribution in [1.29, 1.82) is 0 Å². The number of fused-ring (bicyclic) bond motifs is 1. The van der Waals surface area contributed by atoms with E-state index in [1.165, 1.54) is 0 Å². The number of nitrogens with two attached hydrogens (primary N) is 1. The number of anilines is 1. The molecule has 1 aromatic heterocycles. The van der Waals surface area contributed by atoms with Crippen LogP contribution in [0.5, 0.6) is 0 Å². The summed E-state index contributed by atoms with van der Waals surface area (Å²) in [6.07, 6.45) is 0. The van der Waals surface area contributed by atoms with E-state index in [2.05, 4.69) is 10.4 Å². The highest BCUT2D eigenvalue weighted by atomic mass is 35.5. The van der Waals surface area contributed by atoms with E-state index in [4.69, 9.17) is 29.0 Å². The summed E-state index contributed by atoms with van der Waals surface area (Å²) in [6, 6.07) is 15.2. The standard InChI is InChI=1S/C15H11Cl2N3/c16-10-6-11-14(20-18)8-13(9-4-2-1-3-5-9)19-15(11)12(17)7-10/h1-8H,18H2,(H,19,20). The van der Waals surface area contributed by atoms with Gasteiger partial charge in [-0.05, 0) is 18.2 Å². The fourth-order valence-electron chi connectivity index (χ4n) is 2.13. The second kappa shape index (κ2) is 5.29. The topological polar surface area (TPSA) is 50.9 Å². The van der Waals surface area contributed by atoms with Crippen molar-refractivity contribution in [3.05, 3.63) is 58.6 Å². The molecule has 0 unspecified atom stereocenters. The summed E-state index contributed by atoms with van der Waals surface area (Å²) in [6.45, 7) is 0. The summed E-state index contributed by atoms with van der Waals surface area (Å²) in [5, 5.41) is 1.85. The van der Waals surface area contributed by atoms with Gasteiger partial charge in [0.1, 0.15) is 0 Å². The van der Waals surface area contributed by atoms with Crippen LogP contribution in [0.15, 0.2) is 48.5 Å². The normalized spacial score (nSPS) is 10.8. The Morgan fingerprint density at radius 1 is 1.00 bits per heavy atom. The van der Waals surface area contributed by atoms with Crippen molar-refractivity contribution >= 4 is 39.8 Å². The molecule has 3 aromatic rings. The van der Waals surface area contributed by atoms with E-state index in [0.717, 1.165) is 22.3 Å². The molecule has 0 amide bonds. The molecule has 0 aliphatic rings. The summed E-state index contributed by atoms with van der Waals surface area (Å²) in [5.41, 5.74) is 5.88. The van der Waals surface area contributed by atoms with E-state index >= 15 is 0 Å². The molecule has 0 atom stereocenters. The maximum absolute atomic E-state index is 6.24. The number of benzene rings is 2. The minimum atomic E-state index is 0.502. The number of rotatable bonds is 2. The number of nitrogens with zero attached hydrogens (tertiary/aromatic N) is 1. The molecular formula is C15H11Cl2N3. The summed E-state index contributed by atoms with van der Waals surface area (Å²) in [7, 11) is 0. The molecule has 20 heavy (non-hydrogen) atoms. The van der Waals surface area contributed by atoms with Crippen molar-refractivity contribution in [2.75, 3.05) is 5.43 Å². The molecule has 0 saturated carbocycles. The van der Waals surface area contributed by atoms with Crippen LogP contribution in [0.2, 0.25) is 10.0 Å². The Kier molecular flexibility index (Phi) is 3.49. The number of hydrogen-bond acceptors (Lipinski definition) is 3. The lowest BCUT2D eigenvalue weighted by atomic mass is 10.1. The molecule has 0 radical (unpaired) electrons. The first kappa shape index (κ1) is 13.2. The SMILES string of the molecule is NNc1cc(-c2ccccc2)nc2c(Cl)cc(Cl)cc12. The number of pyridine rings is 1. The molecule has 0 bridgehead atoms. The average Bonchev–Trinajstić information content (AvgIpc) is 2.47. The highest BCUT2D eigenvalue weighted by Gasteiger charge is 2.10. The molecule has 3 nitrogen and oxygen atoms in total. The van der Waals surface area contributed by atoms with Gasteiger partial charge in [-0.15, -0.1) is 0 Å². The Labute approximate surface area is 126 Å². The van der Waals surface area contributed by atoms with Crippen molar-refractivity contribution in [2.45, 2.75) is 0 Å². The first-order valence-electron chi connectivity index (χ1n) is 6.01. The molecular weight excluding hydrogens is 293 g/mol. The summed E-state index contributed by atoms with van der Waals surface area (Å²) in [4.78, 5) is 4.61. The molecule has 0 saturated heterocycles. The van der Waals surface area contributed by atoms with Gasteiger partial charge < -0.3 is 5.43 Å². The summed E-state index contributed by atoms with van der Waals surface area (Å²) >= 11 is 12.3. The number of halogens is 2. The Balaban J connectivity index is 2.32. The number of nitrogen functional groups attached to an aromatic ring is 1. The van der Waals surface area contributed by atoms with Crippen molar-refractivity contribution in [2.24, 2.45) is 5.84 Å². The molecule has 1 heterocycles. The third-order valence-electron chi connectivity index (χ3n) is 3.06. The molecule has 100 valence electrons. The van der Waals surface area contributed by atoms with Crippen LogP contribution in [0.3, 0.4) is 0 Å². The second-order valence-corrected chi connectivity index (χ2v) is 5.19. The van der Waals surface area contributed by atoms with Crippen LogP contribution < -0.4 is 11.3 Å². The molecule has 3 rings (SSSR count). The zero-order valence-corrected chi connectivity index (χ0v) is 11.9. The largest absolute Gasteiger partial charge is 0.323 e. The van der Waals surface area contributed by atoms with Crippen LogP contribution in [0.25, 0.3) is 22.2 Å². The Bertz CT molecular complexity index is 773. The lowest BCUT2D eigenvalue weighted by Crippen LogP contribution is -2.08. The molecule has 5 heteroatoms. The highest BCUT2D eigenvalue weighted by Crippen LogP contribution is 2.33. The van der Waals surface area contributed by atoms with Gasteiger partial charge in [0.15, 0.2) is 0 Å². The van der Waals surface area contributed by atoms with Gasteiger partial charge >= 0.3 is 0 Å². The van der Waals surface area contributed by atoms with Crippen molar-refractivity contribution in [3.63, 3.8) is 0 Å². The van der Waals surface area contributed by atoms with E-state index in [-0.39, 0.29) is 0 Å². The van der Waals surface area contributed by atoms with Gasteiger partial charge in [0.25, 0.3) is 0 Å². The van der Waals surface area contributed by atoms with Gasteiger partial charge in [-0.2, -0.15) is 0 Å². The fraction of sp³-hybridized carbons (Fsp3) is 0. The molecule has 3 N–H and O–H groups in total. The van der Waals surface area contributed by atoms with E-state index in [1.54, 1.807) is 12.1 Å². The Morgan fingerprint density at radius 3 is 2.45 bits per heavy atom. The van der Waals surface area contributed by atoms with Crippen LogP contribution in [0.4, 0.5) is 5.69 Å². The van der Waals surface area contributed by atoms with Crippen molar-refractivity contribution in [3.8, 4) is 11.3 Å². The third kappa shape index (κ3) is 2.31.